The molecule has 1 saturated heterocycles. The van der Waals surface area contributed by atoms with Crippen LogP contribution in [0.15, 0.2) is 60.7 Å². The van der Waals surface area contributed by atoms with Gasteiger partial charge in [0.25, 0.3) is 0 Å². The number of hydrogen-bond donors (Lipinski definition) is 0. The maximum Gasteiger partial charge on any atom is 0.335 e. The Bertz CT molecular complexity index is 1100. The molecular formula is C28H33O12P. The molecule has 1 aliphatic heterocycles. The fraction of sp³-hybridized carbons (Fsp3) is 0.429. The number of esters is 4. The normalized spacial score (nSPS) is 22.0. The van der Waals surface area contributed by atoms with E-state index in [0.29, 0.717) is 0 Å². The molecule has 5 atom stereocenters. The first-order valence-corrected chi connectivity index (χ1v) is 13.8. The van der Waals surface area contributed by atoms with Crippen LogP contribution in [0.5, 0.6) is 0 Å². The summed E-state index contributed by atoms with van der Waals surface area (Å²) in [7, 11) is -2.17. The van der Waals surface area contributed by atoms with Gasteiger partial charge in [-0.15, -0.1) is 0 Å². The summed E-state index contributed by atoms with van der Waals surface area (Å²) in [6.07, 6.45) is -6.68. The van der Waals surface area contributed by atoms with Gasteiger partial charge in [0.2, 0.25) is 6.29 Å². The predicted octanol–water partition coefficient (Wildman–Crippen LogP) is 3.75. The summed E-state index contributed by atoms with van der Waals surface area (Å²) in [5.41, 5.74) is 1.68. The molecule has 3 rings (SSSR count). The van der Waals surface area contributed by atoms with Crippen LogP contribution in [0.25, 0.3) is 0 Å². The third-order valence-corrected chi connectivity index (χ3v) is 6.56. The molecule has 2 unspecified atom stereocenters. The SMILES string of the molecule is CC(=O)OCC1O[C@H](OP(OCc2ccccc2)OCc2ccccc2)C(OC(C)=O)[C@@H](OC(C)=O)[C@@H]1OC(C)=O. The van der Waals surface area contributed by atoms with Gasteiger partial charge in [-0.05, 0) is 11.1 Å². The van der Waals surface area contributed by atoms with Crippen LogP contribution in [-0.4, -0.2) is 61.2 Å². The van der Waals surface area contributed by atoms with Gasteiger partial charge in [0, 0.05) is 27.7 Å². The number of benzene rings is 2. The van der Waals surface area contributed by atoms with E-state index in [1.54, 1.807) is 0 Å². The van der Waals surface area contributed by atoms with Gasteiger partial charge in [0.15, 0.2) is 18.3 Å². The lowest BCUT2D eigenvalue weighted by Gasteiger charge is -2.44. The molecule has 222 valence electrons. The molecule has 0 amide bonds. The van der Waals surface area contributed by atoms with Crippen molar-refractivity contribution >= 4 is 32.5 Å². The second-order valence-corrected chi connectivity index (χ2v) is 10.1. The number of carbonyl (C=O) groups is 4. The Morgan fingerprint density at radius 1 is 0.659 bits per heavy atom. The van der Waals surface area contributed by atoms with E-state index in [2.05, 4.69) is 0 Å². The van der Waals surface area contributed by atoms with Crippen molar-refractivity contribution in [2.45, 2.75) is 71.6 Å². The zero-order chi connectivity index (χ0) is 29.8. The number of rotatable bonds is 13. The molecule has 0 N–H and O–H groups in total. The lowest BCUT2D eigenvalue weighted by molar-refractivity contribution is -0.290. The van der Waals surface area contributed by atoms with Crippen molar-refractivity contribution in [1.29, 1.82) is 0 Å². The quantitative estimate of drug-likeness (QED) is 0.190. The summed E-state index contributed by atoms with van der Waals surface area (Å²) in [5.74, 6) is -2.86. The minimum atomic E-state index is -2.17. The Balaban J connectivity index is 1.91. The first kappa shape index (κ1) is 32.1. The van der Waals surface area contributed by atoms with E-state index >= 15 is 0 Å². The molecule has 2 aromatic carbocycles. The van der Waals surface area contributed by atoms with Crippen molar-refractivity contribution < 1.29 is 56.4 Å². The van der Waals surface area contributed by atoms with Crippen molar-refractivity contribution in [3.8, 4) is 0 Å². The van der Waals surface area contributed by atoms with E-state index in [0.717, 1.165) is 31.9 Å². The topological polar surface area (TPSA) is 142 Å². The zero-order valence-corrected chi connectivity index (χ0v) is 24.0. The highest BCUT2D eigenvalue weighted by atomic mass is 31.2. The molecule has 0 radical (unpaired) electrons. The van der Waals surface area contributed by atoms with Crippen molar-refractivity contribution in [2.24, 2.45) is 0 Å². The average molecular weight is 593 g/mol. The minimum Gasteiger partial charge on any atom is -0.463 e. The Labute approximate surface area is 239 Å². The van der Waals surface area contributed by atoms with Gasteiger partial charge >= 0.3 is 32.5 Å². The molecule has 0 aliphatic carbocycles. The Morgan fingerprint density at radius 2 is 1.12 bits per heavy atom. The van der Waals surface area contributed by atoms with Gasteiger partial charge in [0.05, 0.1) is 13.2 Å². The highest BCUT2D eigenvalue weighted by Crippen LogP contribution is 2.46. The first-order chi connectivity index (χ1) is 19.6. The molecule has 0 aromatic heterocycles. The van der Waals surface area contributed by atoms with E-state index in [1.807, 2.05) is 60.7 Å². The summed E-state index contributed by atoms with van der Waals surface area (Å²) in [4.78, 5) is 47.7. The van der Waals surface area contributed by atoms with Gasteiger partial charge in [-0.3, -0.25) is 23.7 Å². The molecule has 41 heavy (non-hydrogen) atoms. The molecule has 1 fully saturated rings. The predicted molar refractivity (Wildman–Crippen MR) is 142 cm³/mol. The Morgan fingerprint density at radius 3 is 1.59 bits per heavy atom. The molecule has 13 heteroatoms. The van der Waals surface area contributed by atoms with Gasteiger partial charge in [-0.2, -0.15) is 0 Å². The first-order valence-electron chi connectivity index (χ1n) is 12.7. The molecule has 0 saturated carbocycles. The molecule has 0 bridgehead atoms. The van der Waals surface area contributed by atoms with E-state index in [9.17, 15) is 19.2 Å². The van der Waals surface area contributed by atoms with Crippen molar-refractivity contribution in [3.05, 3.63) is 71.8 Å². The zero-order valence-electron chi connectivity index (χ0n) is 23.1. The molecular weight excluding hydrogens is 559 g/mol. The monoisotopic (exact) mass is 592 g/mol. The highest BCUT2D eigenvalue weighted by molar-refractivity contribution is 7.41. The van der Waals surface area contributed by atoms with Crippen LogP contribution in [0.2, 0.25) is 0 Å². The molecule has 2 aromatic rings. The number of ether oxygens (including phenoxy) is 5. The Kier molecular flexibility index (Phi) is 12.6. The van der Waals surface area contributed by atoms with Crippen LogP contribution in [0.4, 0.5) is 0 Å². The van der Waals surface area contributed by atoms with Crippen molar-refractivity contribution in [3.63, 3.8) is 0 Å². The maximum absolute atomic E-state index is 12.1. The summed E-state index contributed by atoms with van der Waals surface area (Å²) in [5, 5.41) is 0. The fourth-order valence-electron chi connectivity index (χ4n) is 3.86. The summed E-state index contributed by atoms with van der Waals surface area (Å²) < 4.78 is 45.5. The number of hydrogen-bond acceptors (Lipinski definition) is 12. The van der Waals surface area contributed by atoms with Crippen LogP contribution in [0.3, 0.4) is 0 Å². The molecule has 0 spiro atoms. The molecule has 1 heterocycles. The third kappa shape index (κ3) is 10.8. The van der Waals surface area contributed by atoms with Gasteiger partial charge in [-0.1, -0.05) is 60.7 Å². The third-order valence-electron chi connectivity index (χ3n) is 5.50. The summed E-state index contributed by atoms with van der Waals surface area (Å²) in [6, 6.07) is 18.6. The highest BCUT2D eigenvalue weighted by Gasteiger charge is 2.53. The second kappa shape index (κ2) is 16.1. The second-order valence-electron chi connectivity index (χ2n) is 8.91. The van der Waals surface area contributed by atoms with Crippen LogP contribution >= 0.6 is 8.60 Å². The van der Waals surface area contributed by atoms with E-state index < -0.39 is 63.2 Å². The van der Waals surface area contributed by atoms with Gasteiger partial charge in [-0.25, -0.2) is 0 Å². The molecule has 1 aliphatic rings. The van der Waals surface area contributed by atoms with E-state index in [1.165, 1.54) is 6.92 Å². The summed E-state index contributed by atoms with van der Waals surface area (Å²) in [6.45, 7) is 4.47. The largest absolute Gasteiger partial charge is 0.463 e. The minimum absolute atomic E-state index is 0.118. The lowest BCUT2D eigenvalue weighted by Crippen LogP contribution is -2.62. The Hall–Kier alpha value is -3.41. The van der Waals surface area contributed by atoms with Crippen molar-refractivity contribution in [1.82, 2.24) is 0 Å². The van der Waals surface area contributed by atoms with E-state index in [4.69, 9.17) is 37.3 Å². The summed E-state index contributed by atoms with van der Waals surface area (Å²) >= 11 is 0. The van der Waals surface area contributed by atoms with Crippen LogP contribution < -0.4 is 0 Å². The maximum atomic E-state index is 12.1. The average Bonchev–Trinajstić information content (AvgIpc) is 2.92. The van der Waals surface area contributed by atoms with Gasteiger partial charge in [0.1, 0.15) is 12.7 Å². The van der Waals surface area contributed by atoms with Gasteiger partial charge < -0.3 is 32.7 Å². The fourth-order valence-corrected chi connectivity index (χ4v) is 4.90. The smallest absolute Gasteiger partial charge is 0.335 e. The lowest BCUT2D eigenvalue weighted by atomic mass is 9.98. The van der Waals surface area contributed by atoms with E-state index in [-0.39, 0.29) is 19.8 Å². The number of carbonyl (C=O) groups excluding carboxylic acids is 4. The van der Waals surface area contributed by atoms with Crippen LogP contribution in [0.1, 0.15) is 38.8 Å². The van der Waals surface area contributed by atoms with Crippen LogP contribution in [-0.2, 0) is 69.6 Å². The standard InChI is InChI=1S/C28H33O12P/c1-18(29)33-17-24-25(36-19(2)30)26(37-20(3)31)27(38-21(4)32)28(39-24)40-41(34-15-22-11-7-5-8-12-22)35-16-23-13-9-6-10-14-23/h5-14,24-28H,15-17H2,1-4H3/t24?,25-,26+,27?,28-/m1/s1. The van der Waals surface area contributed by atoms with Crippen LogP contribution in [0, 0.1) is 0 Å². The van der Waals surface area contributed by atoms with Crippen molar-refractivity contribution in [2.75, 3.05) is 6.61 Å². The molecule has 12 nitrogen and oxygen atoms in total.